The summed E-state index contributed by atoms with van der Waals surface area (Å²) in [5, 5.41) is 8.68. The molecule has 1 aromatic rings. The number of likely N-dealkylation sites (tertiary alicyclic amines) is 1. The van der Waals surface area contributed by atoms with Crippen molar-refractivity contribution >= 4 is 0 Å². The van der Waals surface area contributed by atoms with Crippen molar-refractivity contribution in [3.05, 3.63) is 35.1 Å². The first-order valence-corrected chi connectivity index (χ1v) is 6.86. The van der Waals surface area contributed by atoms with Gasteiger partial charge in [0, 0.05) is 12.6 Å². The van der Waals surface area contributed by atoms with Crippen molar-refractivity contribution in [1.82, 2.24) is 4.90 Å². The van der Waals surface area contributed by atoms with Crippen molar-refractivity contribution in [2.75, 3.05) is 13.2 Å². The maximum atomic E-state index is 13.6. The molecule has 19 heavy (non-hydrogen) atoms. The second kappa shape index (κ2) is 6.70. The number of rotatable bonds is 3. The van der Waals surface area contributed by atoms with Gasteiger partial charge in [-0.1, -0.05) is 24.8 Å². The van der Waals surface area contributed by atoms with Crippen LogP contribution in [0.5, 0.6) is 0 Å². The molecule has 1 heterocycles. The van der Waals surface area contributed by atoms with Gasteiger partial charge in [-0.15, -0.1) is 0 Å². The number of aliphatic hydroxyl groups excluding tert-OH is 1. The Bertz CT molecular complexity index is 489. The minimum absolute atomic E-state index is 0.242. The molecule has 2 rings (SSSR count). The van der Waals surface area contributed by atoms with E-state index in [2.05, 4.69) is 23.7 Å². The Kier molecular flexibility index (Phi) is 4.95. The van der Waals surface area contributed by atoms with Crippen LogP contribution < -0.4 is 0 Å². The Morgan fingerprint density at radius 3 is 3.05 bits per heavy atom. The number of benzene rings is 1. The van der Waals surface area contributed by atoms with E-state index in [1.54, 1.807) is 6.07 Å². The van der Waals surface area contributed by atoms with Gasteiger partial charge in [0.2, 0.25) is 0 Å². The first kappa shape index (κ1) is 14.0. The van der Waals surface area contributed by atoms with Gasteiger partial charge in [0.05, 0.1) is 5.56 Å². The molecular weight excluding hydrogens is 241 g/mol. The number of hydrogen-bond acceptors (Lipinski definition) is 2. The van der Waals surface area contributed by atoms with Gasteiger partial charge in [-0.25, -0.2) is 4.39 Å². The van der Waals surface area contributed by atoms with Crippen LogP contribution in [0.15, 0.2) is 18.2 Å². The molecule has 1 fully saturated rings. The zero-order chi connectivity index (χ0) is 13.7. The fourth-order valence-electron chi connectivity index (χ4n) is 2.70. The third-order valence-electron chi connectivity index (χ3n) is 3.69. The fraction of sp³-hybridized carbons (Fsp3) is 0.500. The maximum absolute atomic E-state index is 13.6. The van der Waals surface area contributed by atoms with Gasteiger partial charge < -0.3 is 5.11 Å². The van der Waals surface area contributed by atoms with Gasteiger partial charge in [0.1, 0.15) is 12.4 Å². The molecule has 102 valence electrons. The lowest BCUT2D eigenvalue weighted by atomic mass is 10.1. The molecule has 1 unspecified atom stereocenters. The van der Waals surface area contributed by atoms with Crippen LogP contribution in [0.25, 0.3) is 0 Å². The molecule has 1 saturated heterocycles. The summed E-state index contributed by atoms with van der Waals surface area (Å²) in [5.41, 5.74) is 1.46. The van der Waals surface area contributed by atoms with E-state index in [9.17, 15) is 4.39 Å². The molecule has 0 saturated carbocycles. The standard InChI is InChI=1S/C16H20FNO/c1-2-15-6-3-9-18(15)12-13-7-8-16(17)14(11-13)5-4-10-19/h7-8,11,15,19H,2-3,6,9-10,12H2,1H3. The highest BCUT2D eigenvalue weighted by Gasteiger charge is 2.22. The average Bonchev–Trinajstić information content (AvgIpc) is 2.86. The van der Waals surface area contributed by atoms with Crippen molar-refractivity contribution in [2.45, 2.75) is 38.8 Å². The third kappa shape index (κ3) is 3.56. The van der Waals surface area contributed by atoms with E-state index in [1.807, 2.05) is 6.07 Å². The summed E-state index contributed by atoms with van der Waals surface area (Å²) in [6, 6.07) is 5.73. The summed E-state index contributed by atoms with van der Waals surface area (Å²) in [6.07, 6.45) is 3.67. The molecule has 0 radical (unpaired) electrons. The summed E-state index contributed by atoms with van der Waals surface area (Å²) in [7, 11) is 0. The summed E-state index contributed by atoms with van der Waals surface area (Å²) < 4.78 is 13.6. The van der Waals surface area contributed by atoms with Gasteiger partial charge in [0.15, 0.2) is 0 Å². The van der Waals surface area contributed by atoms with Crippen molar-refractivity contribution < 1.29 is 9.50 Å². The number of nitrogens with zero attached hydrogens (tertiary/aromatic N) is 1. The van der Waals surface area contributed by atoms with E-state index < -0.39 is 0 Å². The molecule has 0 aromatic heterocycles. The smallest absolute Gasteiger partial charge is 0.138 e. The molecule has 2 nitrogen and oxygen atoms in total. The minimum Gasteiger partial charge on any atom is -0.384 e. The van der Waals surface area contributed by atoms with Crippen molar-refractivity contribution in [1.29, 1.82) is 0 Å². The molecule has 0 amide bonds. The van der Waals surface area contributed by atoms with Gasteiger partial charge in [-0.3, -0.25) is 4.90 Å². The molecule has 1 N–H and O–H groups in total. The molecule has 3 heteroatoms. The predicted molar refractivity (Wildman–Crippen MR) is 74.1 cm³/mol. The maximum Gasteiger partial charge on any atom is 0.138 e. The van der Waals surface area contributed by atoms with Gasteiger partial charge in [-0.05, 0) is 43.5 Å². The Morgan fingerprint density at radius 1 is 1.47 bits per heavy atom. The Labute approximate surface area is 114 Å². The van der Waals surface area contributed by atoms with Crippen molar-refractivity contribution in [3.63, 3.8) is 0 Å². The highest BCUT2D eigenvalue weighted by molar-refractivity contribution is 5.38. The largest absolute Gasteiger partial charge is 0.384 e. The van der Waals surface area contributed by atoms with E-state index in [0.717, 1.165) is 18.7 Å². The topological polar surface area (TPSA) is 23.5 Å². The Morgan fingerprint density at radius 2 is 2.32 bits per heavy atom. The van der Waals surface area contributed by atoms with E-state index in [0.29, 0.717) is 11.6 Å². The van der Waals surface area contributed by atoms with Crippen LogP contribution in [-0.2, 0) is 6.54 Å². The molecule has 1 aliphatic rings. The zero-order valence-corrected chi connectivity index (χ0v) is 11.3. The second-order valence-corrected chi connectivity index (χ2v) is 4.95. The highest BCUT2D eigenvalue weighted by Crippen LogP contribution is 2.22. The molecule has 0 spiro atoms. The van der Waals surface area contributed by atoms with E-state index in [1.165, 1.54) is 25.3 Å². The lowest BCUT2D eigenvalue weighted by Crippen LogP contribution is -2.28. The molecular formula is C16H20FNO. The molecule has 1 atom stereocenters. The normalized spacial score (nSPS) is 19.2. The SMILES string of the molecule is CCC1CCCN1Cc1ccc(F)c(C#CCO)c1. The van der Waals surface area contributed by atoms with Crippen LogP contribution in [0.2, 0.25) is 0 Å². The number of halogens is 1. The summed E-state index contributed by atoms with van der Waals surface area (Å²) in [4.78, 5) is 2.45. The van der Waals surface area contributed by atoms with Crippen LogP contribution in [0.4, 0.5) is 4.39 Å². The minimum atomic E-state index is -0.321. The predicted octanol–water partition coefficient (Wildman–Crippen LogP) is 2.54. The van der Waals surface area contributed by atoms with Gasteiger partial charge >= 0.3 is 0 Å². The van der Waals surface area contributed by atoms with Crippen LogP contribution >= 0.6 is 0 Å². The second-order valence-electron chi connectivity index (χ2n) is 4.95. The zero-order valence-electron chi connectivity index (χ0n) is 11.3. The summed E-state index contributed by atoms with van der Waals surface area (Å²) in [6.45, 7) is 3.94. The van der Waals surface area contributed by atoms with Crippen molar-refractivity contribution in [3.8, 4) is 11.8 Å². The lowest BCUT2D eigenvalue weighted by Gasteiger charge is -2.23. The summed E-state index contributed by atoms with van der Waals surface area (Å²) >= 11 is 0. The Balaban J connectivity index is 2.12. The van der Waals surface area contributed by atoms with Crippen LogP contribution in [0.1, 0.15) is 37.3 Å². The van der Waals surface area contributed by atoms with Crippen LogP contribution in [-0.4, -0.2) is 29.2 Å². The van der Waals surface area contributed by atoms with Crippen LogP contribution in [0.3, 0.4) is 0 Å². The lowest BCUT2D eigenvalue weighted by molar-refractivity contribution is 0.240. The van der Waals surface area contributed by atoms with Crippen molar-refractivity contribution in [2.24, 2.45) is 0 Å². The number of hydrogen-bond donors (Lipinski definition) is 1. The molecule has 0 aliphatic carbocycles. The number of aliphatic hydroxyl groups is 1. The fourth-order valence-corrected chi connectivity index (χ4v) is 2.70. The van der Waals surface area contributed by atoms with E-state index in [-0.39, 0.29) is 12.4 Å². The summed E-state index contributed by atoms with van der Waals surface area (Å²) in [5.74, 6) is 4.84. The molecule has 0 bridgehead atoms. The van der Waals surface area contributed by atoms with E-state index >= 15 is 0 Å². The first-order valence-electron chi connectivity index (χ1n) is 6.86. The van der Waals surface area contributed by atoms with Gasteiger partial charge in [0.25, 0.3) is 0 Å². The molecule has 1 aromatic carbocycles. The van der Waals surface area contributed by atoms with Gasteiger partial charge in [-0.2, -0.15) is 0 Å². The monoisotopic (exact) mass is 261 g/mol. The quantitative estimate of drug-likeness (QED) is 0.845. The van der Waals surface area contributed by atoms with Crippen LogP contribution in [0, 0.1) is 17.7 Å². The average molecular weight is 261 g/mol. The first-order chi connectivity index (χ1) is 9.24. The highest BCUT2D eigenvalue weighted by atomic mass is 19.1. The third-order valence-corrected chi connectivity index (χ3v) is 3.69. The van der Waals surface area contributed by atoms with E-state index in [4.69, 9.17) is 5.11 Å². The Hall–Kier alpha value is -1.37. The molecule has 1 aliphatic heterocycles.